The van der Waals surface area contributed by atoms with Gasteiger partial charge < -0.3 is 47.5 Å². The van der Waals surface area contributed by atoms with Crippen molar-refractivity contribution in [3.05, 3.63) is 124 Å². The number of carbonyl (C=O) groups excluding carboxylic acids is 4. The summed E-state index contributed by atoms with van der Waals surface area (Å²) in [6, 6.07) is 21.6. The maximum atomic E-state index is 14.1. The van der Waals surface area contributed by atoms with Crippen molar-refractivity contribution in [2.45, 2.75) is 174 Å². The van der Waals surface area contributed by atoms with Crippen molar-refractivity contribution in [1.82, 2.24) is 25.9 Å². The number of ether oxygens (including phenoxy) is 1. The number of aryl methyl sites for hydroxylation is 1. The van der Waals surface area contributed by atoms with Gasteiger partial charge >= 0.3 is 5.97 Å². The van der Waals surface area contributed by atoms with Crippen LogP contribution in [-0.2, 0) is 27.4 Å². The molecule has 15 heteroatoms. The highest BCUT2D eigenvalue weighted by atomic mass is 16.6. The fourth-order valence-electron chi connectivity index (χ4n) is 11.1. The van der Waals surface area contributed by atoms with Crippen LogP contribution in [0.15, 0.2) is 79.1 Å². The fourth-order valence-corrected chi connectivity index (χ4v) is 11.1. The molecule has 3 aromatic carbocycles. The van der Waals surface area contributed by atoms with Gasteiger partial charge in [0.25, 0.3) is 0 Å². The molecule has 15 nitrogen and oxygen atoms in total. The zero-order valence-electron chi connectivity index (χ0n) is 46.3. The number of aliphatic hydroxyl groups is 1. The number of esters is 1. The highest BCUT2D eigenvalue weighted by molar-refractivity contribution is 6.33. The van der Waals surface area contributed by atoms with E-state index >= 15 is 0 Å². The number of pyridine rings is 2. The number of benzene rings is 3. The minimum Gasteiger partial charge on any atom is -0.457 e. The third-order valence-electron chi connectivity index (χ3n) is 14.8. The van der Waals surface area contributed by atoms with E-state index in [1.54, 1.807) is 31.3 Å². The lowest BCUT2D eigenvalue weighted by Gasteiger charge is -2.38. The van der Waals surface area contributed by atoms with Gasteiger partial charge in [-0.05, 0) is 106 Å². The minimum absolute atomic E-state index is 0.0680. The van der Waals surface area contributed by atoms with Crippen molar-refractivity contribution in [2.24, 2.45) is 5.73 Å². The molecule has 75 heavy (non-hydrogen) atoms. The Morgan fingerprint density at radius 3 is 2.09 bits per heavy atom. The largest absolute Gasteiger partial charge is 0.457 e. The number of anilines is 3. The van der Waals surface area contributed by atoms with Crippen molar-refractivity contribution >= 4 is 51.3 Å². The molecule has 8 rings (SSSR count). The van der Waals surface area contributed by atoms with Crippen LogP contribution in [0.25, 0.3) is 10.8 Å². The maximum Gasteiger partial charge on any atom is 0.306 e. The molecular formula is C60H83N9O6. The number of nitrogens with zero attached hydrogens (tertiary/aromatic N) is 3. The van der Waals surface area contributed by atoms with Crippen LogP contribution in [0.1, 0.15) is 173 Å². The first-order chi connectivity index (χ1) is 35.7. The zero-order valence-corrected chi connectivity index (χ0v) is 46.3. The average molecular weight is 1030 g/mol. The number of ketones is 2. The van der Waals surface area contributed by atoms with Gasteiger partial charge in [0.05, 0.1) is 34.6 Å². The van der Waals surface area contributed by atoms with Crippen molar-refractivity contribution < 1.29 is 29.0 Å². The SMILES string of the molecule is CC.CCCC(C)(N)CNC(=O)CCC(=O)OC1C2(C)CC(c3ccc4c(c3N2)C(=O)c2ccc3cc(C)ccc3c2C4=O)C1(C)O.CCCC(NCc1cc(N)ccn1)C(CCC)NCc1cc(N(C)C)ccn1. The Hall–Kier alpha value is -6.26. The topological polar surface area (TPSA) is 227 Å². The predicted molar refractivity (Wildman–Crippen MR) is 301 cm³/mol. The van der Waals surface area contributed by atoms with Crippen LogP contribution >= 0.6 is 0 Å². The van der Waals surface area contributed by atoms with Crippen molar-refractivity contribution in [1.29, 1.82) is 0 Å². The third-order valence-corrected chi connectivity index (χ3v) is 14.8. The molecule has 7 unspecified atom stereocenters. The molecule has 1 saturated carbocycles. The van der Waals surface area contributed by atoms with Gasteiger partial charge in [-0.2, -0.15) is 0 Å². The normalized spacial score (nSPS) is 20.6. The van der Waals surface area contributed by atoms with Crippen LogP contribution < -0.4 is 37.6 Å². The van der Waals surface area contributed by atoms with Gasteiger partial charge in [-0.15, -0.1) is 0 Å². The minimum atomic E-state index is -1.48. The Morgan fingerprint density at radius 1 is 0.853 bits per heavy atom. The molecular weight excluding hydrogens is 943 g/mol. The molecule has 0 radical (unpaired) electrons. The summed E-state index contributed by atoms with van der Waals surface area (Å²) in [6.45, 7) is 19.6. The van der Waals surface area contributed by atoms with E-state index in [-0.39, 0.29) is 35.9 Å². The molecule has 2 aromatic heterocycles. The molecule has 2 bridgehead atoms. The Labute approximate surface area is 444 Å². The Bertz CT molecular complexity index is 2830. The molecule has 1 amide bonds. The highest BCUT2D eigenvalue weighted by Gasteiger charge is 2.63. The van der Waals surface area contributed by atoms with E-state index in [0.717, 1.165) is 85.0 Å². The molecule has 1 fully saturated rings. The number of nitrogens with two attached hydrogens (primary N) is 2. The second kappa shape index (κ2) is 25.1. The first-order valence-electron chi connectivity index (χ1n) is 27.0. The monoisotopic (exact) mass is 1030 g/mol. The number of nitrogen functional groups attached to an aromatic ring is 1. The van der Waals surface area contributed by atoms with Crippen molar-refractivity contribution in [3.8, 4) is 0 Å². The highest BCUT2D eigenvalue weighted by Crippen LogP contribution is 2.57. The number of amides is 1. The summed E-state index contributed by atoms with van der Waals surface area (Å²) < 4.78 is 5.91. The molecule has 3 heterocycles. The van der Waals surface area contributed by atoms with E-state index in [1.807, 2.05) is 90.2 Å². The number of carbonyl (C=O) groups is 4. The van der Waals surface area contributed by atoms with Crippen LogP contribution in [0.4, 0.5) is 17.1 Å². The third kappa shape index (κ3) is 13.4. The quantitative estimate of drug-likeness (QED) is 0.0354. The van der Waals surface area contributed by atoms with E-state index in [1.165, 1.54) is 5.69 Å². The molecule has 9 N–H and O–H groups in total. The predicted octanol–water partition coefficient (Wildman–Crippen LogP) is 9.04. The van der Waals surface area contributed by atoms with Crippen LogP contribution in [0.5, 0.6) is 0 Å². The van der Waals surface area contributed by atoms with Crippen molar-refractivity contribution in [2.75, 3.05) is 36.6 Å². The van der Waals surface area contributed by atoms with Gasteiger partial charge in [-0.25, -0.2) is 0 Å². The number of rotatable bonds is 20. The average Bonchev–Trinajstić information content (AvgIpc) is 3.53. The van der Waals surface area contributed by atoms with Crippen molar-refractivity contribution in [3.63, 3.8) is 0 Å². The summed E-state index contributed by atoms with van der Waals surface area (Å²) in [5.74, 6) is -1.85. The summed E-state index contributed by atoms with van der Waals surface area (Å²) >= 11 is 0. The second-order valence-corrected chi connectivity index (χ2v) is 21.4. The van der Waals surface area contributed by atoms with Gasteiger partial charge in [-0.3, -0.25) is 29.1 Å². The molecule has 0 saturated heterocycles. The smallest absolute Gasteiger partial charge is 0.306 e. The van der Waals surface area contributed by atoms with Gasteiger partial charge in [0, 0.05) is 104 Å². The lowest BCUT2D eigenvalue weighted by molar-refractivity contribution is -0.165. The summed E-state index contributed by atoms with van der Waals surface area (Å²) in [5.41, 5.74) is 16.7. The zero-order chi connectivity index (χ0) is 54.8. The lowest BCUT2D eigenvalue weighted by atomic mass is 9.76. The van der Waals surface area contributed by atoms with E-state index < -0.39 is 34.7 Å². The number of hydrogen-bond acceptors (Lipinski definition) is 14. The summed E-state index contributed by atoms with van der Waals surface area (Å²) in [6.07, 6.45) is 9.06. The Kier molecular flexibility index (Phi) is 19.4. The molecule has 1 aliphatic heterocycles. The van der Waals surface area contributed by atoms with Crippen LogP contribution in [0.3, 0.4) is 0 Å². The molecule has 7 atom stereocenters. The Balaban J connectivity index is 0.000000263. The Morgan fingerprint density at radius 2 is 1.47 bits per heavy atom. The first-order valence-corrected chi connectivity index (χ1v) is 27.0. The fraction of sp³-hybridized carbons (Fsp3) is 0.500. The number of fused-ring (bicyclic) bond motifs is 9. The van der Waals surface area contributed by atoms with Gasteiger partial charge in [0.1, 0.15) is 5.60 Å². The van der Waals surface area contributed by atoms with E-state index in [0.29, 0.717) is 53.0 Å². The first kappa shape index (κ1) is 58.0. The van der Waals surface area contributed by atoms with E-state index in [9.17, 15) is 24.3 Å². The molecule has 404 valence electrons. The summed E-state index contributed by atoms with van der Waals surface area (Å²) in [7, 11) is 4.11. The molecule has 0 spiro atoms. The van der Waals surface area contributed by atoms with Crippen LogP contribution in [0.2, 0.25) is 0 Å². The van der Waals surface area contributed by atoms with Crippen LogP contribution in [-0.4, -0.2) is 94.0 Å². The maximum absolute atomic E-state index is 14.1. The number of nitrogens with one attached hydrogen (secondary N) is 4. The molecule has 2 aliphatic carbocycles. The van der Waals surface area contributed by atoms with E-state index in [4.69, 9.17) is 16.2 Å². The summed E-state index contributed by atoms with van der Waals surface area (Å²) in [4.78, 5) is 64.6. The molecule has 5 aromatic rings. The summed E-state index contributed by atoms with van der Waals surface area (Å²) in [5, 5.41) is 27.2. The lowest BCUT2D eigenvalue weighted by Crippen LogP contribution is -2.52. The number of aromatic nitrogens is 2. The standard InChI is InChI=1S/C36H41N3O6.C22H36N6.C2H6/c1-6-15-34(3,37)18-38-26(40)13-14-27(41)45-33-35(4)17-25(36(33,5)44)22-11-12-24-29(30(22)39-35)32(43)23-10-8-20-16-19(2)7-9-21(20)28(23)31(24)42;1-5-7-21(26-15-18-13-17(23)9-11-24-18)22(8-6-2)27-16-19-14-20(28(3)4)10-12-25-19;1-2/h7-12,16,25,33,39,44H,6,13-15,17-18,37H2,1-5H3,(H,38,40);9-14,21-22,26-27H,5-8,15-16H2,1-4H3,(H2,23,24);1-2H3. The van der Waals surface area contributed by atoms with Gasteiger partial charge in [0.2, 0.25) is 5.91 Å². The number of hydrogen-bond donors (Lipinski definition) is 7. The van der Waals surface area contributed by atoms with Crippen LogP contribution in [0, 0.1) is 6.92 Å². The van der Waals surface area contributed by atoms with E-state index in [2.05, 4.69) is 70.1 Å². The van der Waals surface area contributed by atoms with Gasteiger partial charge in [-0.1, -0.05) is 89.8 Å². The second-order valence-electron chi connectivity index (χ2n) is 21.4. The molecule has 3 aliphatic rings. The van der Waals surface area contributed by atoms with Gasteiger partial charge in [0.15, 0.2) is 17.7 Å².